The molecule has 1 aromatic carbocycles. The van der Waals surface area contributed by atoms with Crippen molar-refractivity contribution in [3.05, 3.63) is 33.8 Å². The number of amides is 2. The van der Waals surface area contributed by atoms with Crippen molar-refractivity contribution in [1.29, 1.82) is 0 Å². The molecular weight excluding hydrogens is 530 g/mol. The van der Waals surface area contributed by atoms with Crippen LogP contribution in [0.1, 0.15) is 57.5 Å². The first-order chi connectivity index (χ1) is 18.4. The first-order valence-corrected chi connectivity index (χ1v) is 13.7. The SMILES string of the molecule is COc1ccc(C(=O)N2CCC(c3nc(C(=O)NNC(=S)NCC4CCCO4)cs3)CC2)c(OC)c1OC. The van der Waals surface area contributed by atoms with Gasteiger partial charge >= 0.3 is 0 Å². The molecule has 0 aliphatic carbocycles. The van der Waals surface area contributed by atoms with Crippen molar-refractivity contribution in [2.75, 3.05) is 47.6 Å². The van der Waals surface area contributed by atoms with Crippen LogP contribution in [0, 0.1) is 0 Å². The van der Waals surface area contributed by atoms with Gasteiger partial charge in [-0.15, -0.1) is 11.3 Å². The van der Waals surface area contributed by atoms with Gasteiger partial charge in [-0.25, -0.2) is 4.98 Å². The van der Waals surface area contributed by atoms with Gasteiger partial charge in [-0.3, -0.25) is 20.4 Å². The van der Waals surface area contributed by atoms with Crippen molar-refractivity contribution in [1.82, 2.24) is 26.1 Å². The number of ether oxygens (including phenoxy) is 4. The van der Waals surface area contributed by atoms with Crippen LogP contribution in [0.5, 0.6) is 17.2 Å². The van der Waals surface area contributed by atoms with Crippen LogP contribution in [0.3, 0.4) is 0 Å². The summed E-state index contributed by atoms with van der Waals surface area (Å²) in [6.07, 6.45) is 3.68. The van der Waals surface area contributed by atoms with E-state index >= 15 is 0 Å². The molecule has 2 aliphatic heterocycles. The summed E-state index contributed by atoms with van der Waals surface area (Å²) < 4.78 is 21.8. The summed E-state index contributed by atoms with van der Waals surface area (Å²) in [4.78, 5) is 32.2. The fourth-order valence-corrected chi connectivity index (χ4v) is 5.69. The van der Waals surface area contributed by atoms with E-state index in [9.17, 15) is 9.59 Å². The van der Waals surface area contributed by atoms with Gasteiger partial charge < -0.3 is 29.2 Å². The van der Waals surface area contributed by atoms with E-state index in [2.05, 4.69) is 21.2 Å². The average Bonchev–Trinajstić information content (AvgIpc) is 3.66. The van der Waals surface area contributed by atoms with E-state index < -0.39 is 0 Å². The van der Waals surface area contributed by atoms with Gasteiger partial charge in [0, 0.05) is 37.5 Å². The molecule has 0 saturated carbocycles. The average molecular weight is 564 g/mol. The maximum atomic E-state index is 13.3. The molecule has 3 N–H and O–H groups in total. The fourth-order valence-electron chi connectivity index (χ4n) is 4.58. The summed E-state index contributed by atoms with van der Waals surface area (Å²) in [5.41, 5.74) is 6.05. The Morgan fingerprint density at radius 3 is 2.53 bits per heavy atom. The van der Waals surface area contributed by atoms with E-state index in [1.54, 1.807) is 22.4 Å². The number of hydrogen-bond donors (Lipinski definition) is 3. The molecule has 206 valence electrons. The van der Waals surface area contributed by atoms with Gasteiger partial charge in [0.2, 0.25) is 5.75 Å². The number of nitrogens with zero attached hydrogens (tertiary/aromatic N) is 2. The second-order valence-corrected chi connectivity index (χ2v) is 10.2. The quantitative estimate of drug-likeness (QED) is 0.326. The molecule has 1 unspecified atom stereocenters. The lowest BCUT2D eigenvalue weighted by molar-refractivity contribution is 0.0708. The topological polar surface area (TPSA) is 123 Å². The van der Waals surface area contributed by atoms with Crippen molar-refractivity contribution in [3.63, 3.8) is 0 Å². The third-order valence-corrected chi connectivity index (χ3v) is 7.88. The Kier molecular flexibility index (Phi) is 9.58. The van der Waals surface area contributed by atoms with E-state index in [0.717, 1.165) is 37.3 Å². The summed E-state index contributed by atoms with van der Waals surface area (Å²) in [7, 11) is 4.55. The number of methoxy groups -OCH3 is 3. The zero-order valence-corrected chi connectivity index (χ0v) is 23.3. The Bertz CT molecular complexity index is 1150. The van der Waals surface area contributed by atoms with Crippen molar-refractivity contribution in [2.24, 2.45) is 0 Å². The third kappa shape index (κ3) is 6.45. The molecule has 2 aromatic rings. The smallest absolute Gasteiger partial charge is 0.289 e. The molecule has 1 aromatic heterocycles. The monoisotopic (exact) mass is 563 g/mol. The lowest BCUT2D eigenvalue weighted by Gasteiger charge is -2.31. The number of hydrogen-bond acceptors (Lipinski definition) is 9. The van der Waals surface area contributed by atoms with Crippen LogP contribution in [0.15, 0.2) is 17.5 Å². The predicted molar refractivity (Wildman–Crippen MR) is 146 cm³/mol. The zero-order chi connectivity index (χ0) is 27.1. The minimum absolute atomic E-state index is 0.129. The van der Waals surface area contributed by atoms with E-state index in [4.69, 9.17) is 31.2 Å². The summed E-state index contributed by atoms with van der Waals surface area (Å²) in [5, 5.41) is 5.99. The number of benzene rings is 1. The highest BCUT2D eigenvalue weighted by atomic mass is 32.1. The molecule has 13 heteroatoms. The van der Waals surface area contributed by atoms with Crippen molar-refractivity contribution in [2.45, 2.75) is 37.7 Å². The number of piperidine rings is 1. The van der Waals surface area contributed by atoms with E-state index in [-0.39, 0.29) is 23.8 Å². The van der Waals surface area contributed by atoms with Crippen LogP contribution in [-0.4, -0.2) is 80.5 Å². The number of nitrogens with one attached hydrogen (secondary N) is 3. The molecule has 2 amide bonds. The molecule has 0 bridgehead atoms. The minimum atomic E-state index is -0.359. The molecule has 2 saturated heterocycles. The lowest BCUT2D eigenvalue weighted by Crippen LogP contribution is -2.48. The molecular formula is C25H33N5O6S2. The molecule has 2 fully saturated rings. The Balaban J connectivity index is 1.28. The maximum Gasteiger partial charge on any atom is 0.289 e. The molecule has 0 spiro atoms. The summed E-state index contributed by atoms with van der Waals surface area (Å²) in [5.74, 6) is 0.913. The second-order valence-electron chi connectivity index (χ2n) is 8.94. The molecule has 4 rings (SSSR count). The molecule has 38 heavy (non-hydrogen) atoms. The fraction of sp³-hybridized carbons (Fsp3) is 0.520. The van der Waals surface area contributed by atoms with E-state index in [0.29, 0.717) is 53.3 Å². The molecule has 0 radical (unpaired) electrons. The highest BCUT2D eigenvalue weighted by Crippen LogP contribution is 2.40. The lowest BCUT2D eigenvalue weighted by atomic mass is 9.97. The first-order valence-electron chi connectivity index (χ1n) is 12.4. The van der Waals surface area contributed by atoms with Gasteiger partial charge in [0.25, 0.3) is 11.8 Å². The van der Waals surface area contributed by atoms with Gasteiger partial charge in [0.05, 0.1) is 38.0 Å². The van der Waals surface area contributed by atoms with Gasteiger partial charge in [-0.2, -0.15) is 0 Å². The largest absolute Gasteiger partial charge is 0.493 e. The van der Waals surface area contributed by atoms with Gasteiger partial charge in [-0.1, -0.05) is 0 Å². The summed E-state index contributed by atoms with van der Waals surface area (Å²) >= 11 is 6.66. The summed E-state index contributed by atoms with van der Waals surface area (Å²) in [6, 6.07) is 3.39. The van der Waals surface area contributed by atoms with Crippen LogP contribution < -0.4 is 30.4 Å². The van der Waals surface area contributed by atoms with Crippen LogP contribution in [0.4, 0.5) is 0 Å². The van der Waals surface area contributed by atoms with E-state index in [1.807, 2.05) is 0 Å². The summed E-state index contributed by atoms with van der Waals surface area (Å²) in [6.45, 7) is 2.50. The standard InChI is InChI=1S/C25H33N5O6S2/c1-33-19-7-6-17(20(34-2)21(19)35-3)24(32)30-10-8-15(9-11-30)23-27-18(14-38-23)22(31)28-29-25(37)26-13-16-5-4-12-36-16/h6-7,14-16H,4-5,8-13H2,1-3H3,(H,28,31)(H2,26,29,37). The number of thiazole rings is 1. The maximum absolute atomic E-state index is 13.3. The van der Waals surface area contributed by atoms with Crippen molar-refractivity contribution < 1.29 is 28.5 Å². The number of carbonyl (C=O) groups is 2. The van der Waals surface area contributed by atoms with Crippen molar-refractivity contribution in [3.8, 4) is 17.2 Å². The second kappa shape index (κ2) is 13.1. The van der Waals surface area contributed by atoms with Crippen LogP contribution in [0.2, 0.25) is 0 Å². The zero-order valence-electron chi connectivity index (χ0n) is 21.7. The van der Waals surface area contributed by atoms with Crippen molar-refractivity contribution >= 4 is 40.5 Å². The molecule has 11 nitrogen and oxygen atoms in total. The van der Waals surface area contributed by atoms with Gasteiger partial charge in [-0.05, 0) is 50.0 Å². The number of likely N-dealkylation sites (tertiary alicyclic amines) is 1. The number of rotatable bonds is 8. The Labute approximate surface area is 231 Å². The Morgan fingerprint density at radius 2 is 1.87 bits per heavy atom. The van der Waals surface area contributed by atoms with Gasteiger partial charge in [0.1, 0.15) is 5.69 Å². The normalized spacial score (nSPS) is 17.6. The number of thiocarbonyl (C=S) groups is 1. The van der Waals surface area contributed by atoms with Crippen LogP contribution in [0.25, 0.3) is 0 Å². The van der Waals surface area contributed by atoms with Gasteiger partial charge in [0.15, 0.2) is 16.6 Å². The Morgan fingerprint density at radius 1 is 1.11 bits per heavy atom. The molecule has 1 atom stereocenters. The number of aromatic nitrogens is 1. The molecule has 2 aliphatic rings. The number of hydrazine groups is 1. The predicted octanol–water partition coefficient (Wildman–Crippen LogP) is 2.48. The van der Waals surface area contributed by atoms with Crippen LogP contribution in [-0.2, 0) is 4.74 Å². The third-order valence-electron chi connectivity index (χ3n) is 6.62. The number of carbonyl (C=O) groups excluding carboxylic acids is 2. The van der Waals surface area contributed by atoms with Crippen LogP contribution >= 0.6 is 23.6 Å². The first kappa shape index (κ1) is 27.9. The molecule has 3 heterocycles. The van der Waals surface area contributed by atoms with E-state index in [1.165, 1.54) is 32.7 Å². The Hall–Kier alpha value is -3.16. The minimum Gasteiger partial charge on any atom is -0.493 e. The highest BCUT2D eigenvalue weighted by Gasteiger charge is 2.30. The highest BCUT2D eigenvalue weighted by molar-refractivity contribution is 7.80.